The lowest BCUT2D eigenvalue weighted by molar-refractivity contribution is -0.210. The van der Waals surface area contributed by atoms with Crippen molar-refractivity contribution in [2.75, 3.05) is 26.4 Å². The van der Waals surface area contributed by atoms with Crippen LogP contribution in [0.3, 0.4) is 0 Å². The van der Waals surface area contributed by atoms with E-state index < -0.39 is 0 Å². The van der Waals surface area contributed by atoms with Gasteiger partial charge in [-0.2, -0.15) is 0 Å². The molecule has 3 rings (SSSR count). The van der Waals surface area contributed by atoms with Gasteiger partial charge in [-0.1, -0.05) is 13.8 Å². The second-order valence-corrected chi connectivity index (χ2v) is 7.92. The third-order valence-corrected chi connectivity index (χ3v) is 6.20. The van der Waals surface area contributed by atoms with Crippen molar-refractivity contribution in [2.45, 2.75) is 64.4 Å². The summed E-state index contributed by atoms with van der Waals surface area (Å²) >= 11 is 1.82. The lowest BCUT2D eigenvalue weighted by Crippen LogP contribution is -2.39. The largest absolute Gasteiger partial charge is 0.381 e. The van der Waals surface area contributed by atoms with Gasteiger partial charge in [0.05, 0.1) is 36.6 Å². The highest BCUT2D eigenvalue weighted by Crippen LogP contribution is 2.33. The van der Waals surface area contributed by atoms with Crippen LogP contribution in [0.25, 0.3) is 0 Å². The molecule has 2 aliphatic rings. The van der Waals surface area contributed by atoms with Crippen LogP contribution in [0.4, 0.5) is 0 Å². The van der Waals surface area contributed by atoms with Crippen molar-refractivity contribution in [3.05, 3.63) is 15.6 Å². The van der Waals surface area contributed by atoms with Crippen LogP contribution in [0, 0.1) is 6.92 Å². The Morgan fingerprint density at radius 2 is 2.04 bits per heavy atom. The molecule has 130 valence electrons. The van der Waals surface area contributed by atoms with E-state index in [1.165, 1.54) is 9.88 Å². The molecule has 2 saturated heterocycles. The summed E-state index contributed by atoms with van der Waals surface area (Å²) in [5.74, 6) is 0.0959. The Hall–Kier alpha value is -0.530. The highest BCUT2D eigenvalue weighted by Gasteiger charge is 2.42. The van der Waals surface area contributed by atoms with Crippen LogP contribution in [0.15, 0.2) is 0 Å². The second-order valence-electron chi connectivity index (χ2n) is 6.86. The Kier molecular flexibility index (Phi) is 5.38. The number of ether oxygens (including phenoxy) is 3. The molecule has 5 nitrogen and oxygen atoms in total. The van der Waals surface area contributed by atoms with E-state index in [1.54, 1.807) is 0 Å². The summed E-state index contributed by atoms with van der Waals surface area (Å²) in [5.41, 5.74) is 1.14. The minimum atomic E-state index is -0.390. The van der Waals surface area contributed by atoms with E-state index >= 15 is 0 Å². The van der Waals surface area contributed by atoms with Gasteiger partial charge in [-0.05, 0) is 13.8 Å². The zero-order valence-electron chi connectivity index (χ0n) is 14.6. The number of aryl methyl sites for hydroxylation is 1. The van der Waals surface area contributed by atoms with E-state index in [-0.39, 0.29) is 17.9 Å². The first-order valence-electron chi connectivity index (χ1n) is 8.59. The van der Waals surface area contributed by atoms with Gasteiger partial charge in [0.2, 0.25) is 0 Å². The Bertz CT molecular complexity index is 526. The molecule has 1 aromatic heterocycles. The highest BCUT2D eigenvalue weighted by molar-refractivity contribution is 7.11. The van der Waals surface area contributed by atoms with E-state index in [1.807, 2.05) is 11.3 Å². The smallest absolute Gasteiger partial charge is 0.173 e. The third-order valence-electron chi connectivity index (χ3n) is 4.56. The number of thiazole rings is 1. The zero-order chi connectivity index (χ0) is 16.4. The fourth-order valence-electron chi connectivity index (χ4n) is 3.14. The molecule has 6 heteroatoms. The molecule has 3 heterocycles. The fraction of sp³-hybridized carbons (Fsp3) is 0.824. The number of rotatable bonds is 5. The first-order chi connectivity index (χ1) is 11.0. The summed E-state index contributed by atoms with van der Waals surface area (Å²) in [4.78, 5) is 6.02. The Morgan fingerprint density at radius 3 is 2.70 bits per heavy atom. The Labute approximate surface area is 142 Å². The van der Waals surface area contributed by atoms with Crippen molar-refractivity contribution in [2.24, 2.45) is 0 Å². The number of hydrogen-bond donors (Lipinski definition) is 1. The number of hydrogen-bond acceptors (Lipinski definition) is 6. The van der Waals surface area contributed by atoms with Crippen molar-refractivity contribution >= 4 is 11.3 Å². The van der Waals surface area contributed by atoms with Gasteiger partial charge in [0.1, 0.15) is 0 Å². The normalized spacial score (nSPS) is 25.3. The van der Waals surface area contributed by atoms with Gasteiger partial charge in [0, 0.05) is 36.2 Å². The van der Waals surface area contributed by atoms with Crippen molar-refractivity contribution in [3.63, 3.8) is 0 Å². The van der Waals surface area contributed by atoms with E-state index in [0.717, 1.165) is 38.3 Å². The standard InChI is InChI=1S/C17H28N2O3S/c1-11(2)16-19-13(4)15(23-16)12(3)18-9-14-10-21-17(22-14)5-7-20-8-6-17/h11-12,14,18H,5-10H2,1-4H3/t12-,14+/m1/s1. The molecule has 0 amide bonds. The topological polar surface area (TPSA) is 52.6 Å². The molecule has 0 aromatic carbocycles. The second kappa shape index (κ2) is 7.15. The maximum Gasteiger partial charge on any atom is 0.173 e. The molecule has 0 aliphatic carbocycles. The molecular weight excluding hydrogens is 312 g/mol. The summed E-state index contributed by atoms with van der Waals surface area (Å²) in [5, 5.41) is 4.81. The lowest BCUT2D eigenvalue weighted by atomic mass is 10.1. The summed E-state index contributed by atoms with van der Waals surface area (Å²) < 4.78 is 17.5. The van der Waals surface area contributed by atoms with Crippen LogP contribution in [0.1, 0.15) is 61.2 Å². The maximum absolute atomic E-state index is 6.17. The van der Waals surface area contributed by atoms with Gasteiger partial charge in [0.25, 0.3) is 0 Å². The van der Waals surface area contributed by atoms with Crippen LogP contribution < -0.4 is 5.32 Å². The Morgan fingerprint density at radius 1 is 1.30 bits per heavy atom. The van der Waals surface area contributed by atoms with E-state index in [4.69, 9.17) is 14.2 Å². The van der Waals surface area contributed by atoms with E-state index in [2.05, 4.69) is 38.0 Å². The summed E-state index contributed by atoms with van der Waals surface area (Å²) in [6, 6.07) is 0.287. The van der Waals surface area contributed by atoms with E-state index in [9.17, 15) is 0 Å². The summed E-state index contributed by atoms with van der Waals surface area (Å²) in [6.07, 6.45) is 1.79. The van der Waals surface area contributed by atoms with Gasteiger partial charge in [0.15, 0.2) is 5.79 Å². The fourth-order valence-corrected chi connectivity index (χ4v) is 4.24. The molecule has 0 unspecified atom stereocenters. The molecular formula is C17H28N2O3S. The first-order valence-corrected chi connectivity index (χ1v) is 9.41. The predicted octanol–water partition coefficient (Wildman–Crippen LogP) is 3.15. The molecule has 2 atom stereocenters. The minimum absolute atomic E-state index is 0.119. The van der Waals surface area contributed by atoms with Crippen LogP contribution >= 0.6 is 11.3 Å². The monoisotopic (exact) mass is 340 g/mol. The van der Waals surface area contributed by atoms with Gasteiger partial charge in [-0.25, -0.2) is 4.98 Å². The third kappa shape index (κ3) is 3.94. The summed E-state index contributed by atoms with van der Waals surface area (Å²) in [6.45, 7) is 11.6. The number of nitrogens with one attached hydrogen (secondary N) is 1. The zero-order valence-corrected chi connectivity index (χ0v) is 15.4. The average molecular weight is 340 g/mol. The molecule has 2 fully saturated rings. The SMILES string of the molecule is Cc1nc(C(C)C)sc1[C@@H](C)NC[C@H]1COC2(CCOCC2)O1. The van der Waals surface area contributed by atoms with Crippen molar-refractivity contribution in [3.8, 4) is 0 Å². The Balaban J connectivity index is 1.52. The molecule has 23 heavy (non-hydrogen) atoms. The van der Waals surface area contributed by atoms with Gasteiger partial charge in [-0.3, -0.25) is 0 Å². The van der Waals surface area contributed by atoms with Crippen LogP contribution in [-0.4, -0.2) is 43.2 Å². The highest BCUT2D eigenvalue weighted by atomic mass is 32.1. The molecule has 1 aromatic rings. The molecule has 0 radical (unpaired) electrons. The number of nitrogens with zero attached hydrogens (tertiary/aromatic N) is 1. The van der Waals surface area contributed by atoms with Crippen LogP contribution in [0.2, 0.25) is 0 Å². The van der Waals surface area contributed by atoms with Crippen molar-refractivity contribution < 1.29 is 14.2 Å². The number of aromatic nitrogens is 1. The van der Waals surface area contributed by atoms with E-state index in [0.29, 0.717) is 12.5 Å². The van der Waals surface area contributed by atoms with Crippen molar-refractivity contribution in [1.82, 2.24) is 10.3 Å². The molecule has 0 saturated carbocycles. The predicted molar refractivity (Wildman–Crippen MR) is 91.0 cm³/mol. The van der Waals surface area contributed by atoms with Crippen LogP contribution in [-0.2, 0) is 14.2 Å². The lowest BCUT2D eigenvalue weighted by Gasteiger charge is -2.31. The van der Waals surface area contributed by atoms with Gasteiger partial charge >= 0.3 is 0 Å². The molecule has 0 bridgehead atoms. The van der Waals surface area contributed by atoms with Crippen molar-refractivity contribution in [1.29, 1.82) is 0 Å². The molecule has 2 aliphatic heterocycles. The molecule has 1 N–H and O–H groups in total. The average Bonchev–Trinajstić information content (AvgIpc) is 3.10. The van der Waals surface area contributed by atoms with Gasteiger partial charge in [-0.15, -0.1) is 11.3 Å². The van der Waals surface area contributed by atoms with Gasteiger partial charge < -0.3 is 19.5 Å². The van der Waals surface area contributed by atoms with Crippen LogP contribution in [0.5, 0.6) is 0 Å². The molecule has 1 spiro atoms. The summed E-state index contributed by atoms with van der Waals surface area (Å²) in [7, 11) is 0. The maximum atomic E-state index is 6.17. The first kappa shape index (κ1) is 17.3. The quantitative estimate of drug-likeness (QED) is 0.892. The minimum Gasteiger partial charge on any atom is -0.381 e.